The van der Waals surface area contributed by atoms with Crippen LogP contribution in [0.3, 0.4) is 0 Å². The molecule has 3 fully saturated rings. The molecule has 0 bridgehead atoms. The second-order valence-corrected chi connectivity index (χ2v) is 16.2. The van der Waals surface area contributed by atoms with Crippen molar-refractivity contribution in [2.45, 2.75) is 93.8 Å². The first-order valence-electron chi connectivity index (χ1n) is 15.2. The largest absolute Gasteiger partial charge is 0.444 e. The van der Waals surface area contributed by atoms with Crippen molar-refractivity contribution in [1.29, 1.82) is 0 Å². The molecule has 0 spiro atoms. The molecule has 1 unspecified atom stereocenters. The van der Waals surface area contributed by atoms with E-state index >= 15 is 0 Å². The molecule has 5 rings (SSSR count). The molecule has 4 atom stereocenters. The molecule has 16 heteroatoms. The van der Waals surface area contributed by atoms with Crippen LogP contribution in [0.1, 0.15) is 65.4 Å². The lowest BCUT2D eigenvalue weighted by Crippen LogP contribution is -2.62. The van der Waals surface area contributed by atoms with Crippen LogP contribution in [0, 0.1) is 11.8 Å². The first kappa shape index (κ1) is 34.8. The molecule has 3 aliphatic rings. The van der Waals surface area contributed by atoms with Crippen LogP contribution in [0.25, 0.3) is 0 Å². The van der Waals surface area contributed by atoms with E-state index < -0.39 is 75.0 Å². The lowest BCUT2D eigenvalue weighted by Gasteiger charge is -2.44. The number of aromatic nitrogens is 1. The van der Waals surface area contributed by atoms with Gasteiger partial charge >= 0.3 is 16.3 Å². The Kier molecular flexibility index (Phi) is 7.93. The SMILES string of the molecule is CC(C)(C)OC(=O)N1C[C@H]2C[C@H]2[C@@H]1C(=O)N(c1ccc(S(F)(F)(F)(F)F)cc1)C(C)(C(=O)NC1CCC(F)(F)CC1)c1cccnc1. The van der Waals surface area contributed by atoms with E-state index in [-0.39, 0.29) is 54.6 Å². The number of ether oxygens (including phenoxy) is 1. The van der Waals surface area contributed by atoms with Gasteiger partial charge in [0.25, 0.3) is 11.8 Å². The van der Waals surface area contributed by atoms with Crippen LogP contribution in [0.15, 0.2) is 53.7 Å². The number of carbonyl (C=O) groups excluding carboxylic acids is 3. The molecular weight excluding hydrogens is 657 g/mol. The highest BCUT2D eigenvalue weighted by Crippen LogP contribution is 3.02. The van der Waals surface area contributed by atoms with Crippen molar-refractivity contribution in [2.75, 3.05) is 11.4 Å². The Balaban J connectivity index is 1.63. The number of benzene rings is 1. The van der Waals surface area contributed by atoms with Gasteiger partial charge in [0, 0.05) is 49.1 Å². The Labute approximate surface area is 267 Å². The minimum absolute atomic E-state index is 0.0730. The van der Waals surface area contributed by atoms with Gasteiger partial charge in [0.1, 0.15) is 16.5 Å². The van der Waals surface area contributed by atoms with Crippen molar-refractivity contribution in [3.05, 3.63) is 54.4 Å². The molecule has 8 nitrogen and oxygen atoms in total. The van der Waals surface area contributed by atoms with Gasteiger partial charge in [-0.25, -0.2) is 13.6 Å². The van der Waals surface area contributed by atoms with Crippen molar-refractivity contribution < 1.29 is 47.3 Å². The molecule has 260 valence electrons. The summed E-state index contributed by atoms with van der Waals surface area (Å²) in [6, 6.07) is 2.61. The summed E-state index contributed by atoms with van der Waals surface area (Å²) in [5, 5.41) is 2.73. The van der Waals surface area contributed by atoms with E-state index in [2.05, 4.69) is 10.3 Å². The van der Waals surface area contributed by atoms with Gasteiger partial charge < -0.3 is 10.1 Å². The number of carbonyl (C=O) groups is 3. The van der Waals surface area contributed by atoms with Gasteiger partial charge in [0.2, 0.25) is 5.92 Å². The molecule has 0 radical (unpaired) electrons. The van der Waals surface area contributed by atoms with Crippen LogP contribution in [-0.2, 0) is 19.9 Å². The van der Waals surface area contributed by atoms with Gasteiger partial charge in [0.15, 0.2) is 5.54 Å². The number of likely N-dealkylation sites (tertiary alicyclic amines) is 1. The summed E-state index contributed by atoms with van der Waals surface area (Å²) >= 11 is 0. The minimum atomic E-state index is -10.1. The molecule has 2 heterocycles. The normalized spacial score (nSPS) is 25.4. The predicted octanol–water partition coefficient (Wildman–Crippen LogP) is 7.94. The predicted molar refractivity (Wildman–Crippen MR) is 161 cm³/mol. The van der Waals surface area contributed by atoms with E-state index in [4.69, 9.17) is 4.74 Å². The third-order valence-corrected chi connectivity index (χ3v) is 10.1. The molecule has 1 saturated heterocycles. The van der Waals surface area contributed by atoms with Gasteiger partial charge in [-0.3, -0.25) is 24.4 Å². The second-order valence-electron chi connectivity index (χ2n) is 13.8. The van der Waals surface area contributed by atoms with Crippen molar-refractivity contribution >= 4 is 33.8 Å². The molecule has 1 aromatic heterocycles. The smallest absolute Gasteiger partial charge is 0.410 e. The fraction of sp³-hybridized carbons (Fsp3) is 0.548. The number of fused-ring (bicyclic) bond motifs is 1. The number of amides is 3. The van der Waals surface area contributed by atoms with Gasteiger partial charge in [-0.2, -0.15) is 0 Å². The third kappa shape index (κ3) is 7.31. The number of hydrogen-bond donors (Lipinski definition) is 1. The van der Waals surface area contributed by atoms with Gasteiger partial charge in [0.05, 0.1) is 0 Å². The number of piperidine rings is 1. The summed E-state index contributed by atoms with van der Waals surface area (Å²) in [5.41, 5.74) is -3.28. The highest BCUT2D eigenvalue weighted by molar-refractivity contribution is 8.45. The molecule has 1 aromatic carbocycles. The minimum Gasteiger partial charge on any atom is -0.444 e. The molecular formula is C31H37F7N4O4S. The van der Waals surface area contributed by atoms with Crippen LogP contribution in [-0.4, -0.2) is 57.9 Å². The van der Waals surface area contributed by atoms with Crippen molar-refractivity contribution in [3.8, 4) is 0 Å². The molecule has 1 aliphatic heterocycles. The van der Waals surface area contributed by atoms with Crippen LogP contribution in [0.5, 0.6) is 0 Å². The van der Waals surface area contributed by atoms with Crippen LogP contribution in [0.4, 0.5) is 38.7 Å². The number of anilines is 1. The van der Waals surface area contributed by atoms with E-state index in [1.807, 2.05) is 0 Å². The van der Waals surface area contributed by atoms with E-state index in [0.29, 0.717) is 18.6 Å². The molecule has 2 aromatic rings. The fourth-order valence-electron chi connectivity index (χ4n) is 6.40. The summed E-state index contributed by atoms with van der Waals surface area (Å²) in [7, 11) is -10.1. The van der Waals surface area contributed by atoms with Crippen molar-refractivity contribution in [1.82, 2.24) is 15.2 Å². The second kappa shape index (κ2) is 10.7. The van der Waals surface area contributed by atoms with E-state index in [0.717, 1.165) is 4.90 Å². The number of halogens is 7. The Morgan fingerprint density at radius 1 is 1.00 bits per heavy atom. The van der Waals surface area contributed by atoms with E-state index in [9.17, 15) is 42.6 Å². The molecule has 2 aliphatic carbocycles. The van der Waals surface area contributed by atoms with Crippen LogP contribution >= 0.6 is 10.2 Å². The highest BCUT2D eigenvalue weighted by atomic mass is 32.5. The maximum Gasteiger partial charge on any atom is 0.410 e. The molecule has 47 heavy (non-hydrogen) atoms. The first-order chi connectivity index (χ1) is 21.4. The molecule has 1 N–H and O–H groups in total. The number of alkyl halides is 2. The zero-order valence-corrected chi connectivity index (χ0v) is 27.0. The lowest BCUT2D eigenvalue weighted by molar-refractivity contribution is -0.133. The zero-order chi connectivity index (χ0) is 34.9. The maximum absolute atomic E-state index is 14.8. The quantitative estimate of drug-likeness (QED) is 0.297. The zero-order valence-electron chi connectivity index (χ0n) is 26.2. The molecule has 3 amide bonds. The average Bonchev–Trinajstić information content (AvgIpc) is 3.61. The summed E-state index contributed by atoms with van der Waals surface area (Å²) in [5.74, 6) is -5.06. The monoisotopic (exact) mass is 694 g/mol. The van der Waals surface area contributed by atoms with Crippen LogP contribution in [0.2, 0.25) is 0 Å². The number of rotatable bonds is 7. The topological polar surface area (TPSA) is 91.8 Å². The lowest BCUT2D eigenvalue weighted by atomic mass is 9.86. The average molecular weight is 695 g/mol. The Morgan fingerprint density at radius 3 is 2.15 bits per heavy atom. The van der Waals surface area contributed by atoms with Gasteiger partial charge in [-0.15, -0.1) is 0 Å². The summed E-state index contributed by atoms with van der Waals surface area (Å²) in [6.07, 6.45) is 1.26. The van der Waals surface area contributed by atoms with Crippen molar-refractivity contribution in [3.63, 3.8) is 0 Å². The third-order valence-electron chi connectivity index (χ3n) is 8.96. The number of pyridine rings is 1. The number of hydrogen-bond acceptors (Lipinski definition) is 5. The summed E-state index contributed by atoms with van der Waals surface area (Å²) < 4.78 is 102. The van der Waals surface area contributed by atoms with Gasteiger partial charge in [-0.1, -0.05) is 25.5 Å². The standard InChI is InChI=1S/C31H37F7N4O4S/c1-29(2,3)46-28(45)41-18-19-16-24(19)25(41)26(43)42(22-7-9-23(10-8-22)47(34,35,36,37)38)30(4,20-6-5-15-39-17-20)27(44)40-21-11-13-31(32,33)14-12-21/h5-10,15,17,19,21,24-25H,11-14,16,18H2,1-4H3,(H,40,44)/t19-,24-,25-,30?/m1/s1. The van der Waals surface area contributed by atoms with E-state index in [1.54, 1.807) is 20.8 Å². The Morgan fingerprint density at radius 2 is 1.62 bits per heavy atom. The number of nitrogens with zero attached hydrogens (tertiary/aromatic N) is 3. The Hall–Kier alpha value is -3.56. The Bertz CT molecular complexity index is 1550. The fourth-order valence-corrected chi connectivity index (χ4v) is 7.05. The maximum atomic E-state index is 14.8. The highest BCUT2D eigenvalue weighted by Gasteiger charge is 2.65. The number of nitrogens with one attached hydrogen (secondary N) is 1. The first-order valence-corrected chi connectivity index (χ1v) is 17.1. The summed E-state index contributed by atoms with van der Waals surface area (Å²) in [4.78, 5) is 46.4. The summed E-state index contributed by atoms with van der Waals surface area (Å²) in [6.45, 7) is 6.37. The van der Waals surface area contributed by atoms with Crippen molar-refractivity contribution in [2.24, 2.45) is 11.8 Å². The van der Waals surface area contributed by atoms with E-state index in [1.165, 1.54) is 36.4 Å². The van der Waals surface area contributed by atoms with Gasteiger partial charge in [-0.05, 0) is 89.1 Å². The molecule has 2 saturated carbocycles. The van der Waals surface area contributed by atoms with Crippen LogP contribution < -0.4 is 10.2 Å².